The van der Waals surface area contributed by atoms with Crippen molar-refractivity contribution in [3.05, 3.63) is 36.2 Å². The summed E-state index contributed by atoms with van der Waals surface area (Å²) in [6.07, 6.45) is 1.53. The topological polar surface area (TPSA) is 124 Å². The number of hydrogen-bond donors (Lipinski definition) is 3. The third kappa shape index (κ3) is 3.81. The predicted molar refractivity (Wildman–Crippen MR) is 92.6 cm³/mol. The maximum Gasteiger partial charge on any atom is 0.234 e. The van der Waals surface area contributed by atoms with E-state index in [0.29, 0.717) is 27.6 Å². The molecule has 25 heavy (non-hydrogen) atoms. The predicted octanol–water partition coefficient (Wildman–Crippen LogP) is 2.27. The number of nitriles is 1. The number of imidazole rings is 1. The number of aromatic nitrogens is 3. The third-order valence-corrected chi connectivity index (χ3v) is 4.14. The molecule has 126 valence electrons. The fourth-order valence-corrected chi connectivity index (χ4v) is 2.80. The van der Waals surface area contributed by atoms with Crippen molar-refractivity contribution in [1.29, 1.82) is 5.26 Å². The number of rotatable bonds is 5. The Morgan fingerprint density at radius 2 is 2.32 bits per heavy atom. The average molecular weight is 355 g/mol. The normalized spacial score (nSPS) is 10.4. The molecule has 0 saturated heterocycles. The van der Waals surface area contributed by atoms with Crippen molar-refractivity contribution >= 4 is 34.4 Å². The number of methoxy groups -OCH3 is 1. The molecule has 0 fully saturated rings. The van der Waals surface area contributed by atoms with Crippen molar-refractivity contribution in [3.8, 4) is 17.6 Å². The first kappa shape index (κ1) is 16.6. The Bertz CT molecular complexity index is 980. The van der Waals surface area contributed by atoms with Crippen LogP contribution < -0.4 is 10.1 Å². The van der Waals surface area contributed by atoms with Crippen LogP contribution in [0.5, 0.6) is 11.5 Å². The van der Waals surface area contributed by atoms with Crippen LogP contribution in [0.4, 0.5) is 5.69 Å². The van der Waals surface area contributed by atoms with E-state index in [1.807, 2.05) is 6.07 Å². The Kier molecular flexibility index (Phi) is 4.72. The molecule has 3 N–H and O–H groups in total. The molecule has 9 heteroatoms. The van der Waals surface area contributed by atoms with Gasteiger partial charge in [0.25, 0.3) is 0 Å². The molecule has 0 aliphatic rings. The first-order chi connectivity index (χ1) is 12.1. The van der Waals surface area contributed by atoms with Crippen molar-refractivity contribution in [3.63, 3.8) is 0 Å². The van der Waals surface area contributed by atoms with Crippen LogP contribution in [0.15, 0.2) is 35.6 Å². The summed E-state index contributed by atoms with van der Waals surface area (Å²) in [6, 6.07) is 8.15. The second-order valence-electron chi connectivity index (χ2n) is 4.96. The van der Waals surface area contributed by atoms with Crippen molar-refractivity contribution < 1.29 is 14.6 Å². The van der Waals surface area contributed by atoms with Crippen LogP contribution in [-0.2, 0) is 4.79 Å². The second kappa shape index (κ2) is 7.11. The highest BCUT2D eigenvalue weighted by molar-refractivity contribution is 7.99. The lowest BCUT2D eigenvalue weighted by Gasteiger charge is -2.07. The van der Waals surface area contributed by atoms with Gasteiger partial charge in [-0.25, -0.2) is 9.97 Å². The highest BCUT2D eigenvalue weighted by Crippen LogP contribution is 2.28. The number of phenolic OH excluding ortho intramolecular Hbond substituents is 1. The number of H-pyrrole nitrogens is 1. The Morgan fingerprint density at radius 3 is 3.04 bits per heavy atom. The molecule has 0 radical (unpaired) electrons. The van der Waals surface area contributed by atoms with Crippen molar-refractivity contribution in [2.24, 2.45) is 0 Å². The fraction of sp³-hybridized carbons (Fsp3) is 0.125. The molecule has 0 saturated carbocycles. The summed E-state index contributed by atoms with van der Waals surface area (Å²) in [5.74, 6) is 0.169. The standard InChI is InChI=1S/C16H13N5O3S/c1-24-14-3-2-9(5-13(14)22)19-15(23)8-25-16-20-11-4-10(6-17)18-7-12(11)21-16/h2-5,7,22H,8H2,1H3,(H,19,23)(H,20,21). The van der Waals surface area contributed by atoms with Gasteiger partial charge in [0.1, 0.15) is 11.8 Å². The van der Waals surface area contributed by atoms with E-state index < -0.39 is 0 Å². The van der Waals surface area contributed by atoms with Crippen LogP contribution in [-0.4, -0.2) is 38.8 Å². The summed E-state index contributed by atoms with van der Waals surface area (Å²) in [7, 11) is 1.45. The molecule has 0 unspecified atom stereocenters. The van der Waals surface area contributed by atoms with Gasteiger partial charge in [0.15, 0.2) is 16.7 Å². The Hall–Kier alpha value is -3.25. The summed E-state index contributed by atoms with van der Waals surface area (Å²) >= 11 is 1.22. The lowest BCUT2D eigenvalue weighted by atomic mass is 10.3. The van der Waals surface area contributed by atoms with Gasteiger partial charge in [0.05, 0.1) is 30.1 Å². The number of ether oxygens (including phenoxy) is 1. The summed E-state index contributed by atoms with van der Waals surface area (Å²) in [5, 5.41) is 21.8. The van der Waals surface area contributed by atoms with Crippen LogP contribution >= 0.6 is 11.8 Å². The number of aromatic hydroxyl groups is 1. The van der Waals surface area contributed by atoms with Crippen molar-refractivity contribution in [1.82, 2.24) is 15.0 Å². The number of fused-ring (bicyclic) bond motifs is 1. The van der Waals surface area contributed by atoms with Crippen molar-refractivity contribution in [2.45, 2.75) is 5.16 Å². The fourth-order valence-electron chi connectivity index (χ4n) is 2.11. The van der Waals surface area contributed by atoms with E-state index in [0.717, 1.165) is 0 Å². The molecule has 1 aromatic carbocycles. The maximum atomic E-state index is 12.0. The van der Waals surface area contributed by atoms with Gasteiger partial charge in [-0.05, 0) is 12.1 Å². The molecule has 0 aliphatic carbocycles. The number of hydrogen-bond acceptors (Lipinski definition) is 7. The van der Waals surface area contributed by atoms with Crippen LogP contribution in [0.2, 0.25) is 0 Å². The molecule has 0 bridgehead atoms. The molecule has 0 atom stereocenters. The zero-order valence-electron chi connectivity index (χ0n) is 13.1. The molecule has 3 rings (SSSR count). The zero-order chi connectivity index (χ0) is 17.8. The van der Waals surface area contributed by atoms with Crippen LogP contribution in [0.3, 0.4) is 0 Å². The van der Waals surface area contributed by atoms with E-state index in [4.69, 9.17) is 10.00 Å². The largest absolute Gasteiger partial charge is 0.504 e. The molecule has 2 heterocycles. The summed E-state index contributed by atoms with van der Waals surface area (Å²) < 4.78 is 4.95. The number of nitrogens with one attached hydrogen (secondary N) is 2. The molecule has 8 nitrogen and oxygen atoms in total. The van der Waals surface area contributed by atoms with Gasteiger partial charge in [-0.1, -0.05) is 11.8 Å². The van der Waals surface area contributed by atoms with Gasteiger partial charge >= 0.3 is 0 Å². The molecular weight excluding hydrogens is 342 g/mol. The number of thioether (sulfide) groups is 1. The molecule has 3 aromatic rings. The Balaban J connectivity index is 1.62. The minimum absolute atomic E-state index is 0.0500. The van der Waals surface area contributed by atoms with E-state index in [-0.39, 0.29) is 23.1 Å². The lowest BCUT2D eigenvalue weighted by molar-refractivity contribution is -0.113. The van der Waals surface area contributed by atoms with Gasteiger partial charge in [-0.15, -0.1) is 0 Å². The van der Waals surface area contributed by atoms with Crippen LogP contribution in [0.1, 0.15) is 5.69 Å². The smallest absolute Gasteiger partial charge is 0.234 e. The van der Waals surface area contributed by atoms with E-state index >= 15 is 0 Å². The van der Waals surface area contributed by atoms with Gasteiger partial charge in [0, 0.05) is 17.8 Å². The number of pyridine rings is 1. The van der Waals surface area contributed by atoms with E-state index in [1.165, 1.54) is 31.1 Å². The number of carbonyl (C=O) groups excluding carboxylic acids is 1. The van der Waals surface area contributed by atoms with Crippen molar-refractivity contribution in [2.75, 3.05) is 18.2 Å². The highest BCUT2D eigenvalue weighted by Gasteiger charge is 2.10. The average Bonchev–Trinajstić information content (AvgIpc) is 3.02. The number of anilines is 1. The lowest BCUT2D eigenvalue weighted by Crippen LogP contribution is -2.14. The number of phenols is 1. The molecule has 0 spiro atoms. The summed E-state index contributed by atoms with van der Waals surface area (Å²) in [5.41, 5.74) is 2.07. The first-order valence-electron chi connectivity index (χ1n) is 7.14. The van der Waals surface area contributed by atoms with Crippen LogP contribution in [0.25, 0.3) is 11.0 Å². The van der Waals surface area contributed by atoms with E-state index in [2.05, 4.69) is 20.3 Å². The van der Waals surface area contributed by atoms with Gasteiger partial charge in [0.2, 0.25) is 5.91 Å². The monoisotopic (exact) mass is 355 g/mol. The van der Waals surface area contributed by atoms with Gasteiger partial charge < -0.3 is 20.1 Å². The maximum absolute atomic E-state index is 12.0. The second-order valence-corrected chi connectivity index (χ2v) is 5.93. The highest BCUT2D eigenvalue weighted by atomic mass is 32.2. The first-order valence-corrected chi connectivity index (χ1v) is 8.13. The number of benzene rings is 1. The minimum atomic E-state index is -0.245. The van der Waals surface area contributed by atoms with E-state index in [9.17, 15) is 9.90 Å². The van der Waals surface area contributed by atoms with Gasteiger partial charge in [-0.2, -0.15) is 5.26 Å². The minimum Gasteiger partial charge on any atom is -0.504 e. The van der Waals surface area contributed by atoms with Crippen LogP contribution in [0, 0.1) is 11.3 Å². The van der Waals surface area contributed by atoms with E-state index in [1.54, 1.807) is 18.2 Å². The molecule has 0 aliphatic heterocycles. The molecular formula is C16H13N5O3S. The molecule has 2 aromatic heterocycles. The number of carbonyl (C=O) groups is 1. The van der Waals surface area contributed by atoms with Gasteiger partial charge in [-0.3, -0.25) is 4.79 Å². The number of nitrogens with zero attached hydrogens (tertiary/aromatic N) is 3. The SMILES string of the molecule is COc1ccc(NC(=O)CSc2nc3cc(C#N)ncc3[nH]2)cc1O. The summed E-state index contributed by atoms with van der Waals surface area (Å²) in [6.45, 7) is 0. The molecule has 1 amide bonds. The Morgan fingerprint density at radius 1 is 1.48 bits per heavy atom. The summed E-state index contributed by atoms with van der Waals surface area (Å²) in [4.78, 5) is 23.3. The Labute approximate surface area is 146 Å². The third-order valence-electron chi connectivity index (χ3n) is 3.26. The number of amides is 1. The number of aromatic amines is 1. The quantitative estimate of drug-likeness (QED) is 0.600. The zero-order valence-corrected chi connectivity index (χ0v) is 13.9.